The van der Waals surface area contributed by atoms with Crippen LogP contribution in [0, 0.1) is 16.0 Å². The molecule has 1 saturated heterocycles. The highest BCUT2D eigenvalue weighted by Gasteiger charge is 2.38. The molecular formula is C16H17N3O5. The molecule has 0 bridgehead atoms. The van der Waals surface area contributed by atoms with Crippen molar-refractivity contribution in [3.05, 3.63) is 39.4 Å². The Morgan fingerprint density at radius 2 is 2.00 bits per heavy atom. The van der Waals surface area contributed by atoms with Gasteiger partial charge in [-0.05, 0) is 24.8 Å². The minimum atomic E-state index is -0.655. The van der Waals surface area contributed by atoms with Crippen molar-refractivity contribution in [1.29, 1.82) is 0 Å². The van der Waals surface area contributed by atoms with Crippen LogP contribution in [0.25, 0.3) is 0 Å². The summed E-state index contributed by atoms with van der Waals surface area (Å²) < 4.78 is 0. The number of hydrogen-bond donors (Lipinski definition) is 0. The van der Waals surface area contributed by atoms with Crippen molar-refractivity contribution in [3.63, 3.8) is 0 Å². The first-order chi connectivity index (χ1) is 11.4. The number of imide groups is 1. The van der Waals surface area contributed by atoms with Gasteiger partial charge in [-0.25, -0.2) is 0 Å². The number of fused-ring (bicyclic) bond motifs is 1. The summed E-state index contributed by atoms with van der Waals surface area (Å²) in [7, 11) is 0. The van der Waals surface area contributed by atoms with Crippen molar-refractivity contribution in [3.8, 4) is 0 Å². The molecule has 1 aromatic carbocycles. The average Bonchev–Trinajstić information content (AvgIpc) is 2.79. The zero-order chi connectivity index (χ0) is 17.4. The second-order valence-electron chi connectivity index (χ2n) is 6.27. The molecule has 0 unspecified atom stereocenters. The topological polar surface area (TPSA) is 101 Å². The smallest absolute Gasteiger partial charge is 0.270 e. The van der Waals surface area contributed by atoms with Gasteiger partial charge in [-0.3, -0.25) is 29.4 Å². The quantitative estimate of drug-likeness (QED) is 0.474. The van der Waals surface area contributed by atoms with Crippen LogP contribution >= 0.6 is 0 Å². The molecule has 2 aliphatic heterocycles. The van der Waals surface area contributed by atoms with Gasteiger partial charge < -0.3 is 4.90 Å². The van der Waals surface area contributed by atoms with Crippen LogP contribution in [0.1, 0.15) is 40.5 Å². The summed E-state index contributed by atoms with van der Waals surface area (Å²) in [5.41, 5.74) is -0.174. The van der Waals surface area contributed by atoms with E-state index in [4.69, 9.17) is 0 Å². The van der Waals surface area contributed by atoms with Crippen molar-refractivity contribution in [2.24, 2.45) is 5.92 Å². The second-order valence-corrected chi connectivity index (χ2v) is 6.27. The molecule has 0 aromatic heterocycles. The molecule has 1 atom stereocenters. The third kappa shape index (κ3) is 2.75. The zero-order valence-corrected chi connectivity index (χ0v) is 13.2. The Labute approximate surface area is 138 Å². The Morgan fingerprint density at radius 1 is 1.29 bits per heavy atom. The van der Waals surface area contributed by atoms with Gasteiger partial charge in [0.05, 0.1) is 16.1 Å². The van der Waals surface area contributed by atoms with E-state index in [9.17, 15) is 24.5 Å². The van der Waals surface area contributed by atoms with Crippen LogP contribution in [0.4, 0.5) is 5.69 Å². The maximum absolute atomic E-state index is 12.4. The van der Waals surface area contributed by atoms with Gasteiger partial charge in [-0.15, -0.1) is 0 Å². The first-order valence-corrected chi connectivity index (χ1v) is 7.81. The van der Waals surface area contributed by atoms with Gasteiger partial charge in [0, 0.05) is 25.2 Å². The fourth-order valence-corrected chi connectivity index (χ4v) is 3.19. The van der Waals surface area contributed by atoms with E-state index in [1.807, 2.05) is 0 Å². The third-order valence-corrected chi connectivity index (χ3v) is 4.47. The standard InChI is InChI=1S/C16H17N3O5/c1-10-3-2-6-17(8-10)14(20)9-18-15(21)12-5-4-11(19(23)24)7-13(12)16(18)22/h4-5,7,10H,2-3,6,8-9H2,1H3/t10-/m1/s1. The SMILES string of the molecule is C[C@@H]1CCCN(C(=O)CN2C(=O)c3ccc([N+](=O)[O-])cc3C2=O)C1. The summed E-state index contributed by atoms with van der Waals surface area (Å²) >= 11 is 0. The van der Waals surface area contributed by atoms with Crippen molar-refractivity contribution < 1.29 is 19.3 Å². The maximum atomic E-state index is 12.4. The molecule has 0 aliphatic carbocycles. The predicted molar refractivity (Wildman–Crippen MR) is 83.4 cm³/mol. The van der Waals surface area contributed by atoms with Crippen LogP contribution in [0.5, 0.6) is 0 Å². The number of nitro benzene ring substituents is 1. The van der Waals surface area contributed by atoms with E-state index in [0.29, 0.717) is 19.0 Å². The summed E-state index contributed by atoms with van der Waals surface area (Å²) in [4.78, 5) is 49.8. The fourth-order valence-electron chi connectivity index (χ4n) is 3.19. The fraction of sp³-hybridized carbons (Fsp3) is 0.438. The van der Waals surface area contributed by atoms with Crippen LogP contribution in [0.15, 0.2) is 18.2 Å². The lowest BCUT2D eigenvalue weighted by atomic mass is 10.0. The van der Waals surface area contributed by atoms with E-state index in [1.165, 1.54) is 12.1 Å². The molecule has 0 saturated carbocycles. The van der Waals surface area contributed by atoms with Crippen LogP contribution in [-0.4, -0.2) is 52.1 Å². The van der Waals surface area contributed by atoms with Gasteiger partial charge in [0.25, 0.3) is 17.5 Å². The molecule has 2 heterocycles. The van der Waals surface area contributed by atoms with Crippen LogP contribution in [-0.2, 0) is 4.79 Å². The number of carbonyl (C=O) groups excluding carboxylic acids is 3. The van der Waals surface area contributed by atoms with Crippen LogP contribution < -0.4 is 0 Å². The first-order valence-electron chi connectivity index (χ1n) is 7.81. The highest BCUT2D eigenvalue weighted by Crippen LogP contribution is 2.27. The van der Waals surface area contributed by atoms with E-state index in [-0.39, 0.29) is 29.3 Å². The molecular weight excluding hydrogens is 314 g/mol. The zero-order valence-electron chi connectivity index (χ0n) is 13.2. The Balaban J connectivity index is 1.78. The van der Waals surface area contributed by atoms with Gasteiger partial charge in [0.1, 0.15) is 6.54 Å². The van der Waals surface area contributed by atoms with E-state index in [2.05, 4.69) is 6.92 Å². The maximum Gasteiger partial charge on any atom is 0.270 e. The minimum Gasteiger partial charge on any atom is -0.341 e. The van der Waals surface area contributed by atoms with E-state index in [1.54, 1.807) is 4.90 Å². The molecule has 24 heavy (non-hydrogen) atoms. The lowest BCUT2D eigenvalue weighted by molar-refractivity contribution is -0.384. The molecule has 1 aromatic rings. The lowest BCUT2D eigenvalue weighted by Gasteiger charge is -2.31. The van der Waals surface area contributed by atoms with Crippen molar-refractivity contribution >= 4 is 23.4 Å². The van der Waals surface area contributed by atoms with E-state index in [0.717, 1.165) is 23.8 Å². The minimum absolute atomic E-state index is 0.0194. The average molecular weight is 331 g/mol. The largest absolute Gasteiger partial charge is 0.341 e. The number of likely N-dealkylation sites (tertiary alicyclic amines) is 1. The Hall–Kier alpha value is -2.77. The number of hydrogen-bond acceptors (Lipinski definition) is 5. The Kier molecular flexibility index (Phi) is 4.04. The highest BCUT2D eigenvalue weighted by atomic mass is 16.6. The monoisotopic (exact) mass is 331 g/mol. The summed E-state index contributed by atoms with van der Waals surface area (Å²) in [5, 5.41) is 10.8. The molecule has 1 fully saturated rings. The van der Waals surface area contributed by atoms with E-state index >= 15 is 0 Å². The van der Waals surface area contributed by atoms with Crippen molar-refractivity contribution in [2.75, 3.05) is 19.6 Å². The number of nitrogens with zero attached hydrogens (tertiary/aromatic N) is 3. The van der Waals surface area contributed by atoms with Crippen molar-refractivity contribution in [2.45, 2.75) is 19.8 Å². The highest BCUT2D eigenvalue weighted by molar-refractivity contribution is 6.22. The molecule has 2 aliphatic rings. The predicted octanol–water partition coefficient (Wildman–Crippen LogP) is 1.45. The molecule has 0 N–H and O–H groups in total. The number of benzene rings is 1. The molecule has 0 radical (unpaired) electrons. The van der Waals surface area contributed by atoms with Gasteiger partial charge in [0.2, 0.25) is 5.91 Å². The van der Waals surface area contributed by atoms with Gasteiger partial charge in [0.15, 0.2) is 0 Å². The van der Waals surface area contributed by atoms with Crippen molar-refractivity contribution in [1.82, 2.24) is 9.80 Å². The number of carbonyl (C=O) groups is 3. The van der Waals surface area contributed by atoms with Gasteiger partial charge in [-0.1, -0.05) is 6.92 Å². The molecule has 0 spiro atoms. The summed E-state index contributed by atoms with van der Waals surface area (Å²) in [6.07, 6.45) is 1.96. The number of amides is 3. The summed E-state index contributed by atoms with van der Waals surface area (Å²) in [6, 6.07) is 3.53. The summed E-state index contributed by atoms with van der Waals surface area (Å²) in [6.45, 7) is 2.97. The third-order valence-electron chi connectivity index (χ3n) is 4.47. The normalized spacial score (nSPS) is 20.3. The molecule has 8 heteroatoms. The van der Waals surface area contributed by atoms with Crippen LogP contribution in [0.2, 0.25) is 0 Å². The first kappa shape index (κ1) is 16.1. The summed E-state index contributed by atoms with van der Waals surface area (Å²) in [5.74, 6) is -1.11. The Morgan fingerprint density at radius 3 is 2.67 bits per heavy atom. The molecule has 3 rings (SSSR count). The second kappa shape index (κ2) is 6.03. The molecule has 126 valence electrons. The molecule has 8 nitrogen and oxygen atoms in total. The number of rotatable bonds is 3. The Bertz CT molecular complexity index is 745. The number of piperidine rings is 1. The van der Waals surface area contributed by atoms with E-state index < -0.39 is 16.7 Å². The number of non-ortho nitro benzene ring substituents is 1. The van der Waals surface area contributed by atoms with Crippen LogP contribution in [0.3, 0.4) is 0 Å². The number of nitro groups is 1. The van der Waals surface area contributed by atoms with Gasteiger partial charge in [-0.2, -0.15) is 0 Å². The lowest BCUT2D eigenvalue weighted by Crippen LogP contribution is -2.46. The molecule has 3 amide bonds. The van der Waals surface area contributed by atoms with Gasteiger partial charge >= 0.3 is 0 Å².